The molecule has 0 aliphatic heterocycles. The predicted octanol–water partition coefficient (Wildman–Crippen LogP) is 10.2. The number of aromatic nitrogens is 3. The largest absolute Gasteiger partial charge is 0.456 e. The molecule has 2 heterocycles. The summed E-state index contributed by atoms with van der Waals surface area (Å²) in [5.74, 6) is 2.33. The van der Waals surface area contributed by atoms with Crippen molar-refractivity contribution in [3.05, 3.63) is 174 Å². The van der Waals surface area contributed by atoms with E-state index in [1.54, 1.807) is 0 Å². The minimum Gasteiger partial charge on any atom is -0.456 e. The molecule has 1 atom stereocenters. The van der Waals surface area contributed by atoms with Gasteiger partial charge in [-0.15, -0.1) is 0 Å². The van der Waals surface area contributed by atoms with Gasteiger partial charge in [-0.25, -0.2) is 15.0 Å². The Balaban J connectivity index is 1.11. The third-order valence-electron chi connectivity index (χ3n) is 10.0. The Labute approximate surface area is 295 Å². The molecule has 0 saturated heterocycles. The first kappa shape index (κ1) is 29.3. The van der Waals surface area contributed by atoms with E-state index in [-0.39, 0.29) is 0 Å². The van der Waals surface area contributed by atoms with Crippen LogP contribution in [0.4, 0.5) is 0 Å². The number of furan rings is 1. The minimum atomic E-state index is 0.402. The second-order valence-electron chi connectivity index (χ2n) is 13.2. The molecular formula is C47H31N3O. The zero-order valence-electron chi connectivity index (χ0n) is 27.7. The molecule has 0 spiro atoms. The number of allylic oxidation sites excluding steroid dienone is 4. The van der Waals surface area contributed by atoms with Crippen molar-refractivity contribution >= 4 is 33.4 Å². The van der Waals surface area contributed by atoms with Crippen molar-refractivity contribution in [2.24, 2.45) is 5.92 Å². The van der Waals surface area contributed by atoms with Gasteiger partial charge in [0.15, 0.2) is 17.5 Å². The van der Waals surface area contributed by atoms with E-state index < -0.39 is 0 Å². The molecule has 0 radical (unpaired) electrons. The molecule has 0 fully saturated rings. The van der Waals surface area contributed by atoms with Crippen molar-refractivity contribution in [1.82, 2.24) is 15.0 Å². The third kappa shape index (κ3) is 5.20. The van der Waals surface area contributed by atoms with Crippen LogP contribution in [0.5, 0.6) is 0 Å². The van der Waals surface area contributed by atoms with Crippen LogP contribution < -0.4 is 10.6 Å². The van der Waals surface area contributed by atoms with Gasteiger partial charge in [0.1, 0.15) is 11.0 Å². The number of nitrogens with zero attached hydrogens (tertiary/aromatic N) is 3. The monoisotopic (exact) mass is 653 g/mol. The maximum atomic E-state index is 6.32. The lowest BCUT2D eigenvalue weighted by Gasteiger charge is -2.17. The van der Waals surface area contributed by atoms with Crippen LogP contribution in [0.15, 0.2) is 168 Å². The average Bonchev–Trinajstić information content (AvgIpc) is 3.59. The Morgan fingerprint density at radius 3 is 1.82 bits per heavy atom. The molecular weight excluding hydrogens is 623 g/mol. The van der Waals surface area contributed by atoms with Crippen molar-refractivity contribution < 1.29 is 4.42 Å². The number of hydrogen-bond donors (Lipinski definition) is 0. The molecule has 0 bridgehead atoms. The SMILES string of the molecule is C1=CC2=c3c(oc4ccc(-c5ccc(-c6cc7ccccc7cc6-c6nc(-c7ccccc7)nc(-c7ccccc7)n6)cc5)cc34)=CCC2C=C1. The lowest BCUT2D eigenvalue weighted by molar-refractivity contribution is 0.568. The molecule has 10 rings (SSSR count). The van der Waals surface area contributed by atoms with Crippen LogP contribution in [0.3, 0.4) is 0 Å². The van der Waals surface area contributed by atoms with E-state index in [1.807, 2.05) is 60.7 Å². The van der Waals surface area contributed by atoms with Crippen molar-refractivity contribution in [1.29, 1.82) is 0 Å². The fraction of sp³-hybridized carbons (Fsp3) is 0.0426. The molecule has 8 aromatic rings. The van der Waals surface area contributed by atoms with E-state index in [1.165, 1.54) is 10.8 Å². The summed E-state index contributed by atoms with van der Waals surface area (Å²) in [7, 11) is 0. The molecule has 240 valence electrons. The first-order valence-corrected chi connectivity index (χ1v) is 17.4. The molecule has 0 N–H and O–H groups in total. The van der Waals surface area contributed by atoms with Gasteiger partial charge in [-0.1, -0.05) is 140 Å². The van der Waals surface area contributed by atoms with Crippen molar-refractivity contribution in [2.45, 2.75) is 6.42 Å². The fourth-order valence-corrected chi connectivity index (χ4v) is 7.47. The van der Waals surface area contributed by atoms with Gasteiger partial charge in [-0.3, -0.25) is 0 Å². The normalized spacial score (nSPS) is 14.7. The zero-order valence-corrected chi connectivity index (χ0v) is 27.7. The van der Waals surface area contributed by atoms with Gasteiger partial charge in [0.05, 0.1) is 0 Å². The summed E-state index contributed by atoms with van der Waals surface area (Å²) in [4.78, 5) is 15.1. The lowest BCUT2D eigenvalue weighted by Crippen LogP contribution is -2.29. The van der Waals surface area contributed by atoms with E-state index in [0.717, 1.165) is 72.5 Å². The Hall–Kier alpha value is -6.65. The Morgan fingerprint density at radius 2 is 1.12 bits per heavy atom. The first-order chi connectivity index (χ1) is 25.2. The minimum absolute atomic E-state index is 0.402. The average molecular weight is 654 g/mol. The summed E-state index contributed by atoms with van der Waals surface area (Å²) >= 11 is 0. The van der Waals surface area contributed by atoms with Crippen LogP contribution in [0.25, 0.3) is 89.8 Å². The van der Waals surface area contributed by atoms with Crippen LogP contribution in [0.2, 0.25) is 0 Å². The Morgan fingerprint density at radius 1 is 0.510 bits per heavy atom. The molecule has 0 saturated carbocycles. The van der Waals surface area contributed by atoms with E-state index in [2.05, 4.69) is 109 Å². The van der Waals surface area contributed by atoms with E-state index >= 15 is 0 Å². The molecule has 6 aromatic carbocycles. The molecule has 2 aliphatic carbocycles. The molecule has 2 aliphatic rings. The Kier molecular flexibility index (Phi) is 6.91. The van der Waals surface area contributed by atoms with Crippen LogP contribution in [0.1, 0.15) is 6.42 Å². The van der Waals surface area contributed by atoms with E-state index in [0.29, 0.717) is 23.4 Å². The summed E-state index contributed by atoms with van der Waals surface area (Å²) in [6, 6.07) is 48.6. The number of rotatable bonds is 5. The number of benzene rings is 6. The highest BCUT2D eigenvalue weighted by atomic mass is 16.3. The first-order valence-electron chi connectivity index (χ1n) is 17.4. The topological polar surface area (TPSA) is 51.8 Å². The quantitative estimate of drug-likeness (QED) is 0.186. The third-order valence-corrected chi connectivity index (χ3v) is 10.0. The maximum Gasteiger partial charge on any atom is 0.164 e. The fourth-order valence-electron chi connectivity index (χ4n) is 7.47. The van der Waals surface area contributed by atoms with Crippen molar-refractivity contribution in [2.75, 3.05) is 0 Å². The molecule has 51 heavy (non-hydrogen) atoms. The molecule has 2 aromatic heterocycles. The van der Waals surface area contributed by atoms with Crippen molar-refractivity contribution in [3.8, 4) is 56.4 Å². The van der Waals surface area contributed by atoms with Gasteiger partial charge in [-0.05, 0) is 75.4 Å². The highest BCUT2D eigenvalue weighted by molar-refractivity contribution is 5.96. The van der Waals surface area contributed by atoms with E-state index in [9.17, 15) is 0 Å². The standard InChI is InChI=1S/C47H31N3O/c1-3-12-33(13-4-1)45-48-46(34-14-5-2-6-15-34)50-47(49-45)40-28-36-17-8-7-16-35(36)27-39(40)32-21-19-30(20-22-32)37-24-25-42-41(29-37)44-38-18-10-9-11-31(38)23-26-43(44)51-42/h1-22,24-29,31H,23H2. The maximum absolute atomic E-state index is 6.32. The van der Waals surface area contributed by atoms with Crippen LogP contribution in [0, 0.1) is 5.92 Å². The smallest absolute Gasteiger partial charge is 0.164 e. The summed E-state index contributed by atoms with van der Waals surface area (Å²) in [5.41, 5.74) is 10.6. The summed E-state index contributed by atoms with van der Waals surface area (Å²) < 4.78 is 6.32. The predicted molar refractivity (Wildman–Crippen MR) is 208 cm³/mol. The van der Waals surface area contributed by atoms with Crippen LogP contribution in [-0.2, 0) is 0 Å². The molecule has 0 amide bonds. The van der Waals surface area contributed by atoms with Crippen LogP contribution in [-0.4, -0.2) is 15.0 Å². The number of fused-ring (bicyclic) bond motifs is 5. The number of hydrogen-bond acceptors (Lipinski definition) is 4. The van der Waals surface area contributed by atoms with Gasteiger partial charge in [0.25, 0.3) is 0 Å². The second kappa shape index (κ2) is 12.0. The van der Waals surface area contributed by atoms with Crippen LogP contribution >= 0.6 is 0 Å². The molecule has 1 unspecified atom stereocenters. The van der Waals surface area contributed by atoms with E-state index in [4.69, 9.17) is 19.4 Å². The van der Waals surface area contributed by atoms with Gasteiger partial charge in [-0.2, -0.15) is 0 Å². The van der Waals surface area contributed by atoms with Gasteiger partial charge in [0.2, 0.25) is 0 Å². The van der Waals surface area contributed by atoms with Gasteiger partial charge < -0.3 is 4.42 Å². The highest BCUT2D eigenvalue weighted by Crippen LogP contribution is 2.37. The lowest BCUT2D eigenvalue weighted by atomic mass is 9.86. The summed E-state index contributed by atoms with van der Waals surface area (Å²) in [5, 5.41) is 4.68. The molecule has 4 heteroatoms. The summed E-state index contributed by atoms with van der Waals surface area (Å²) in [6.45, 7) is 0. The second-order valence-corrected chi connectivity index (χ2v) is 13.2. The highest BCUT2D eigenvalue weighted by Gasteiger charge is 2.20. The zero-order chi connectivity index (χ0) is 33.7. The van der Waals surface area contributed by atoms with Crippen molar-refractivity contribution in [3.63, 3.8) is 0 Å². The van der Waals surface area contributed by atoms with Gasteiger partial charge in [0, 0.05) is 33.2 Å². The molecule has 4 nitrogen and oxygen atoms in total. The Bertz CT molecular complexity index is 2760. The van der Waals surface area contributed by atoms with Gasteiger partial charge >= 0.3 is 0 Å². The summed E-state index contributed by atoms with van der Waals surface area (Å²) in [6.07, 6.45) is 12.0.